The van der Waals surface area contributed by atoms with Crippen molar-refractivity contribution < 1.29 is 19.0 Å². The minimum absolute atomic E-state index is 0.281. The lowest BCUT2D eigenvalue weighted by atomic mass is 10.0. The molecule has 2 fully saturated rings. The SMILES string of the molecule is COc1cccc2c1OC1(CCN(C(=O)C3CC3)CC1)OC2. The van der Waals surface area contributed by atoms with Crippen LogP contribution in [-0.2, 0) is 16.1 Å². The number of fused-ring (bicyclic) bond motifs is 1. The first-order valence-corrected chi connectivity index (χ1v) is 7.98. The molecule has 22 heavy (non-hydrogen) atoms. The molecule has 5 heteroatoms. The zero-order chi connectivity index (χ0) is 15.2. The number of nitrogens with zero attached hydrogens (tertiary/aromatic N) is 1. The molecule has 2 aliphatic heterocycles. The van der Waals surface area contributed by atoms with Gasteiger partial charge in [0.25, 0.3) is 0 Å². The second kappa shape index (κ2) is 5.16. The maximum Gasteiger partial charge on any atom is 0.225 e. The van der Waals surface area contributed by atoms with Gasteiger partial charge in [0.2, 0.25) is 11.7 Å². The summed E-state index contributed by atoms with van der Waals surface area (Å²) in [5.74, 6) is 1.52. The lowest BCUT2D eigenvalue weighted by Crippen LogP contribution is -2.52. The summed E-state index contributed by atoms with van der Waals surface area (Å²) in [6.45, 7) is 1.95. The minimum atomic E-state index is -0.609. The number of para-hydroxylation sites is 1. The summed E-state index contributed by atoms with van der Waals surface area (Å²) in [7, 11) is 1.65. The molecule has 1 saturated carbocycles. The van der Waals surface area contributed by atoms with E-state index >= 15 is 0 Å². The maximum atomic E-state index is 12.2. The molecule has 118 valence electrons. The Hall–Kier alpha value is -1.75. The Morgan fingerprint density at radius 2 is 2.09 bits per heavy atom. The molecule has 0 radical (unpaired) electrons. The van der Waals surface area contributed by atoms with Gasteiger partial charge in [-0.3, -0.25) is 4.79 Å². The number of rotatable bonds is 2. The molecule has 1 aromatic rings. The number of carbonyl (C=O) groups excluding carboxylic acids is 1. The van der Waals surface area contributed by atoms with E-state index in [1.807, 2.05) is 23.1 Å². The molecule has 0 aromatic heterocycles. The van der Waals surface area contributed by atoms with Gasteiger partial charge in [0.1, 0.15) is 0 Å². The molecule has 0 bridgehead atoms. The Morgan fingerprint density at radius 3 is 2.77 bits per heavy atom. The van der Waals surface area contributed by atoms with Crippen molar-refractivity contribution in [3.63, 3.8) is 0 Å². The number of amides is 1. The van der Waals surface area contributed by atoms with Crippen molar-refractivity contribution >= 4 is 5.91 Å². The van der Waals surface area contributed by atoms with Crippen LogP contribution in [0.3, 0.4) is 0 Å². The van der Waals surface area contributed by atoms with Crippen molar-refractivity contribution in [2.24, 2.45) is 5.92 Å². The van der Waals surface area contributed by atoms with Gasteiger partial charge in [-0.2, -0.15) is 0 Å². The van der Waals surface area contributed by atoms with Crippen molar-refractivity contribution in [2.75, 3.05) is 20.2 Å². The van der Waals surface area contributed by atoms with Crippen LogP contribution in [0.1, 0.15) is 31.2 Å². The average Bonchev–Trinajstić information content (AvgIpc) is 3.39. The second-order valence-electron chi connectivity index (χ2n) is 6.35. The van der Waals surface area contributed by atoms with Gasteiger partial charge in [-0.1, -0.05) is 12.1 Å². The number of hydrogen-bond donors (Lipinski definition) is 0. The Kier molecular flexibility index (Phi) is 3.26. The number of piperidine rings is 1. The Bertz CT molecular complexity index is 574. The van der Waals surface area contributed by atoms with E-state index in [2.05, 4.69) is 0 Å². The highest BCUT2D eigenvalue weighted by Gasteiger charge is 2.44. The highest BCUT2D eigenvalue weighted by atomic mass is 16.7. The molecule has 1 spiro atoms. The zero-order valence-corrected chi connectivity index (χ0v) is 12.8. The van der Waals surface area contributed by atoms with Crippen LogP contribution >= 0.6 is 0 Å². The monoisotopic (exact) mass is 303 g/mol. The summed E-state index contributed by atoms with van der Waals surface area (Å²) in [6.07, 6.45) is 3.53. The smallest absolute Gasteiger partial charge is 0.225 e. The molecule has 0 N–H and O–H groups in total. The molecule has 3 aliphatic rings. The fourth-order valence-corrected chi connectivity index (χ4v) is 3.28. The fraction of sp³-hybridized carbons (Fsp3) is 0.588. The average molecular weight is 303 g/mol. The van der Waals surface area contributed by atoms with Crippen LogP contribution in [0.25, 0.3) is 0 Å². The van der Waals surface area contributed by atoms with Crippen LogP contribution in [0.5, 0.6) is 11.5 Å². The third kappa shape index (κ3) is 2.33. The number of ether oxygens (including phenoxy) is 3. The Morgan fingerprint density at radius 1 is 1.32 bits per heavy atom. The van der Waals surface area contributed by atoms with E-state index in [-0.39, 0.29) is 5.92 Å². The minimum Gasteiger partial charge on any atom is -0.493 e. The predicted molar refractivity (Wildman–Crippen MR) is 79.7 cm³/mol. The van der Waals surface area contributed by atoms with Gasteiger partial charge in [0.05, 0.1) is 13.7 Å². The third-order valence-electron chi connectivity index (χ3n) is 4.82. The molecular formula is C17H21NO4. The van der Waals surface area contributed by atoms with Crippen molar-refractivity contribution in [1.82, 2.24) is 4.90 Å². The van der Waals surface area contributed by atoms with Crippen LogP contribution in [0.2, 0.25) is 0 Å². The Labute approximate surface area is 130 Å². The molecule has 0 unspecified atom stereocenters. The first-order chi connectivity index (χ1) is 10.7. The zero-order valence-electron chi connectivity index (χ0n) is 12.8. The lowest BCUT2D eigenvalue weighted by Gasteiger charge is -2.44. The molecule has 1 saturated heterocycles. The molecule has 1 amide bonds. The van der Waals surface area contributed by atoms with Gasteiger partial charge < -0.3 is 19.1 Å². The van der Waals surface area contributed by atoms with Gasteiger partial charge in [-0.25, -0.2) is 0 Å². The van der Waals surface area contributed by atoms with Crippen molar-refractivity contribution in [3.05, 3.63) is 23.8 Å². The molecule has 0 atom stereocenters. The molecule has 1 aromatic carbocycles. The number of methoxy groups -OCH3 is 1. The Balaban J connectivity index is 1.49. The van der Waals surface area contributed by atoms with Crippen LogP contribution < -0.4 is 9.47 Å². The molecule has 2 heterocycles. The van der Waals surface area contributed by atoms with Gasteiger partial charge in [0.15, 0.2) is 11.5 Å². The molecular weight excluding hydrogens is 282 g/mol. The summed E-state index contributed by atoms with van der Waals surface area (Å²) in [5, 5.41) is 0. The van der Waals surface area contributed by atoms with Crippen molar-refractivity contribution in [1.29, 1.82) is 0 Å². The standard InChI is InChI=1S/C17H21NO4/c1-20-14-4-2-3-13-11-21-17(22-15(13)14)7-9-18(10-8-17)16(19)12-5-6-12/h2-4,12H,5-11H2,1H3. The number of likely N-dealkylation sites (tertiary alicyclic amines) is 1. The van der Waals surface area contributed by atoms with E-state index in [0.717, 1.165) is 29.9 Å². The lowest BCUT2D eigenvalue weighted by molar-refractivity contribution is -0.228. The first-order valence-electron chi connectivity index (χ1n) is 7.98. The van der Waals surface area contributed by atoms with Crippen molar-refractivity contribution in [2.45, 2.75) is 38.1 Å². The van der Waals surface area contributed by atoms with E-state index in [1.54, 1.807) is 7.11 Å². The van der Waals surface area contributed by atoms with Gasteiger partial charge >= 0.3 is 0 Å². The normalized spacial score (nSPS) is 22.9. The highest BCUT2D eigenvalue weighted by molar-refractivity contribution is 5.81. The van der Waals surface area contributed by atoms with E-state index in [1.165, 1.54) is 0 Å². The van der Waals surface area contributed by atoms with Crippen LogP contribution in [0.4, 0.5) is 0 Å². The van der Waals surface area contributed by atoms with Crippen LogP contribution in [0.15, 0.2) is 18.2 Å². The third-order valence-corrected chi connectivity index (χ3v) is 4.82. The van der Waals surface area contributed by atoms with E-state index in [0.29, 0.717) is 38.4 Å². The summed E-state index contributed by atoms with van der Waals surface area (Å²) >= 11 is 0. The molecule has 1 aliphatic carbocycles. The number of carbonyl (C=O) groups is 1. The number of hydrogen-bond acceptors (Lipinski definition) is 4. The summed E-state index contributed by atoms with van der Waals surface area (Å²) in [5.41, 5.74) is 1.02. The largest absolute Gasteiger partial charge is 0.493 e. The predicted octanol–water partition coefficient (Wildman–Crippen LogP) is 2.33. The van der Waals surface area contributed by atoms with Gasteiger partial charge in [0, 0.05) is 37.4 Å². The molecule has 5 nitrogen and oxygen atoms in total. The van der Waals surface area contributed by atoms with E-state index in [9.17, 15) is 4.79 Å². The van der Waals surface area contributed by atoms with Crippen LogP contribution in [-0.4, -0.2) is 36.8 Å². The van der Waals surface area contributed by atoms with Crippen molar-refractivity contribution in [3.8, 4) is 11.5 Å². The van der Waals surface area contributed by atoms with E-state index < -0.39 is 5.79 Å². The summed E-state index contributed by atoms with van der Waals surface area (Å²) in [6, 6.07) is 5.85. The topological polar surface area (TPSA) is 48.0 Å². The molecule has 4 rings (SSSR count). The van der Waals surface area contributed by atoms with Gasteiger partial charge in [-0.15, -0.1) is 0 Å². The highest BCUT2D eigenvalue weighted by Crippen LogP contribution is 2.43. The summed E-state index contributed by atoms with van der Waals surface area (Å²) < 4.78 is 17.6. The maximum absolute atomic E-state index is 12.2. The van der Waals surface area contributed by atoms with Gasteiger partial charge in [-0.05, 0) is 18.9 Å². The summed E-state index contributed by atoms with van der Waals surface area (Å²) in [4.78, 5) is 14.1. The first kappa shape index (κ1) is 13.9. The number of benzene rings is 1. The second-order valence-corrected chi connectivity index (χ2v) is 6.35. The quantitative estimate of drug-likeness (QED) is 0.841. The van der Waals surface area contributed by atoms with E-state index in [4.69, 9.17) is 14.2 Å². The fourth-order valence-electron chi connectivity index (χ4n) is 3.28. The van der Waals surface area contributed by atoms with Crippen LogP contribution in [0, 0.1) is 5.92 Å².